The van der Waals surface area contributed by atoms with Crippen LogP contribution in [0, 0.1) is 17.0 Å². The number of hydrogen-bond donors (Lipinski definition) is 1. The van der Waals surface area contributed by atoms with Crippen LogP contribution in [0.1, 0.15) is 35.6 Å². The molecule has 0 spiro atoms. The molecule has 2 aromatic carbocycles. The van der Waals surface area contributed by atoms with Gasteiger partial charge < -0.3 is 4.57 Å². The zero-order valence-corrected chi connectivity index (χ0v) is 15.3. The van der Waals surface area contributed by atoms with Crippen LogP contribution in [0.4, 0.5) is 5.69 Å². The maximum Gasteiger partial charge on any atom is 0.271 e. The van der Waals surface area contributed by atoms with E-state index in [1.165, 1.54) is 12.1 Å². The number of fused-ring (bicyclic) bond motifs is 1. The highest BCUT2D eigenvalue weighted by molar-refractivity contribution is 6.01. The summed E-state index contributed by atoms with van der Waals surface area (Å²) < 4.78 is 2.08. The molecule has 27 heavy (non-hydrogen) atoms. The predicted octanol–water partition coefficient (Wildman–Crippen LogP) is 3.43. The van der Waals surface area contributed by atoms with Crippen LogP contribution in [0.5, 0.6) is 0 Å². The van der Waals surface area contributed by atoms with E-state index in [1.54, 1.807) is 31.2 Å². The molecule has 0 aliphatic heterocycles. The summed E-state index contributed by atoms with van der Waals surface area (Å²) in [4.78, 5) is 27.1. The van der Waals surface area contributed by atoms with E-state index in [0.29, 0.717) is 16.8 Å². The van der Waals surface area contributed by atoms with Gasteiger partial charge in [0.2, 0.25) is 0 Å². The van der Waals surface area contributed by atoms with E-state index in [2.05, 4.69) is 20.1 Å². The van der Waals surface area contributed by atoms with Gasteiger partial charge in [-0.05, 0) is 56.7 Å². The molecule has 0 aliphatic rings. The zero-order chi connectivity index (χ0) is 19.6. The Morgan fingerprint density at radius 2 is 1.89 bits per heavy atom. The minimum atomic E-state index is -0.463. The smallest absolute Gasteiger partial charge is 0.271 e. The molecule has 0 unspecified atom stereocenters. The number of aryl methyl sites for hydroxylation is 2. The monoisotopic (exact) mass is 365 g/mol. The van der Waals surface area contributed by atoms with Crippen molar-refractivity contribution in [2.24, 2.45) is 5.10 Å². The van der Waals surface area contributed by atoms with E-state index < -0.39 is 4.92 Å². The molecule has 3 rings (SSSR count). The van der Waals surface area contributed by atoms with Gasteiger partial charge in [-0.15, -0.1) is 0 Å². The summed E-state index contributed by atoms with van der Waals surface area (Å²) in [7, 11) is 0. The Kier molecular flexibility index (Phi) is 4.98. The molecule has 138 valence electrons. The van der Waals surface area contributed by atoms with Gasteiger partial charge in [0.15, 0.2) is 0 Å². The standard InChI is InChI=1S/C19H19N5O3/c1-4-23-13(3)20-17-11-15(7-10-18(17)23)19(25)22-21-12(2)14-5-8-16(9-6-14)24(26)27/h5-11H,4H2,1-3H3,(H,22,25)/b21-12-. The van der Waals surface area contributed by atoms with Crippen molar-refractivity contribution >= 4 is 28.3 Å². The van der Waals surface area contributed by atoms with E-state index in [1.807, 2.05) is 19.9 Å². The van der Waals surface area contributed by atoms with Crippen molar-refractivity contribution in [2.45, 2.75) is 27.3 Å². The van der Waals surface area contributed by atoms with Gasteiger partial charge >= 0.3 is 0 Å². The molecule has 0 atom stereocenters. The Hall–Kier alpha value is -3.55. The van der Waals surface area contributed by atoms with E-state index in [9.17, 15) is 14.9 Å². The molecular formula is C19H19N5O3. The number of hydrazone groups is 1. The van der Waals surface area contributed by atoms with Crippen LogP contribution in [0.3, 0.4) is 0 Å². The van der Waals surface area contributed by atoms with Gasteiger partial charge in [0.1, 0.15) is 5.82 Å². The number of carbonyl (C=O) groups is 1. The van der Waals surface area contributed by atoms with Crippen molar-refractivity contribution in [1.29, 1.82) is 0 Å². The average Bonchev–Trinajstić information content (AvgIpc) is 2.99. The van der Waals surface area contributed by atoms with Crippen molar-refractivity contribution in [3.8, 4) is 0 Å². The third-order valence-corrected chi connectivity index (χ3v) is 4.34. The van der Waals surface area contributed by atoms with Crippen molar-refractivity contribution in [3.63, 3.8) is 0 Å². The number of amides is 1. The molecule has 0 radical (unpaired) electrons. The zero-order valence-electron chi connectivity index (χ0n) is 15.3. The number of nitro groups is 1. The van der Waals surface area contributed by atoms with E-state index >= 15 is 0 Å². The first-order chi connectivity index (χ1) is 12.9. The Labute approximate surface area is 155 Å². The van der Waals surface area contributed by atoms with Gasteiger partial charge in [-0.25, -0.2) is 10.4 Å². The predicted molar refractivity (Wildman–Crippen MR) is 103 cm³/mol. The Balaban J connectivity index is 1.77. The summed E-state index contributed by atoms with van der Waals surface area (Å²) in [5, 5.41) is 14.8. The number of nitrogens with one attached hydrogen (secondary N) is 1. The van der Waals surface area contributed by atoms with E-state index in [-0.39, 0.29) is 11.6 Å². The number of non-ortho nitro benzene ring substituents is 1. The molecule has 0 saturated carbocycles. The SMILES string of the molecule is CCn1c(C)nc2cc(C(=O)N/N=C(/C)c3ccc([N+](=O)[O-])cc3)ccc21. The van der Waals surface area contributed by atoms with Crippen molar-refractivity contribution < 1.29 is 9.72 Å². The van der Waals surface area contributed by atoms with Gasteiger partial charge in [-0.1, -0.05) is 0 Å². The Morgan fingerprint density at radius 3 is 2.52 bits per heavy atom. The lowest BCUT2D eigenvalue weighted by molar-refractivity contribution is -0.384. The number of imidazole rings is 1. The molecule has 0 bridgehead atoms. The molecule has 1 amide bonds. The number of carbonyl (C=O) groups excluding carboxylic acids is 1. The summed E-state index contributed by atoms with van der Waals surface area (Å²) in [6.07, 6.45) is 0. The molecule has 0 fully saturated rings. The van der Waals surface area contributed by atoms with Gasteiger partial charge in [0.05, 0.1) is 21.7 Å². The third-order valence-electron chi connectivity index (χ3n) is 4.34. The maximum atomic E-state index is 12.4. The molecule has 8 heteroatoms. The fraction of sp³-hybridized carbons (Fsp3) is 0.211. The highest BCUT2D eigenvalue weighted by Gasteiger charge is 2.11. The van der Waals surface area contributed by atoms with Gasteiger partial charge in [0.25, 0.3) is 11.6 Å². The lowest BCUT2D eigenvalue weighted by Crippen LogP contribution is -2.19. The minimum absolute atomic E-state index is 0.00528. The third kappa shape index (κ3) is 3.69. The average molecular weight is 365 g/mol. The van der Waals surface area contributed by atoms with Crippen molar-refractivity contribution in [3.05, 3.63) is 69.5 Å². The van der Waals surface area contributed by atoms with Crippen LogP contribution in [0.15, 0.2) is 47.6 Å². The Bertz CT molecular complexity index is 1050. The molecule has 0 saturated heterocycles. The largest absolute Gasteiger partial charge is 0.329 e. The molecule has 1 N–H and O–H groups in total. The molecule has 1 aromatic heterocycles. The summed E-state index contributed by atoms with van der Waals surface area (Å²) in [6, 6.07) is 11.3. The van der Waals surface area contributed by atoms with E-state index in [0.717, 1.165) is 23.4 Å². The fourth-order valence-electron chi connectivity index (χ4n) is 2.88. The van der Waals surface area contributed by atoms with Crippen molar-refractivity contribution in [1.82, 2.24) is 15.0 Å². The Morgan fingerprint density at radius 1 is 1.22 bits per heavy atom. The number of nitrogens with zero attached hydrogens (tertiary/aromatic N) is 4. The number of aromatic nitrogens is 2. The minimum Gasteiger partial charge on any atom is -0.329 e. The molecule has 8 nitrogen and oxygen atoms in total. The number of rotatable bonds is 5. The van der Waals surface area contributed by atoms with Crippen LogP contribution in [-0.4, -0.2) is 26.1 Å². The highest BCUT2D eigenvalue weighted by Crippen LogP contribution is 2.18. The first kappa shape index (κ1) is 18.2. The van der Waals surface area contributed by atoms with Crippen molar-refractivity contribution in [2.75, 3.05) is 0 Å². The van der Waals surface area contributed by atoms with Gasteiger partial charge in [-0.2, -0.15) is 5.10 Å². The second-order valence-corrected chi connectivity index (χ2v) is 6.05. The molecule has 3 aromatic rings. The maximum absolute atomic E-state index is 12.4. The second-order valence-electron chi connectivity index (χ2n) is 6.05. The quantitative estimate of drug-likeness (QED) is 0.425. The topological polar surface area (TPSA) is 102 Å². The summed E-state index contributed by atoms with van der Waals surface area (Å²) in [5.74, 6) is 0.555. The highest BCUT2D eigenvalue weighted by atomic mass is 16.6. The lowest BCUT2D eigenvalue weighted by Gasteiger charge is -2.04. The first-order valence-electron chi connectivity index (χ1n) is 8.47. The molecule has 1 heterocycles. The number of benzene rings is 2. The fourth-order valence-corrected chi connectivity index (χ4v) is 2.88. The summed E-state index contributed by atoms with van der Waals surface area (Å²) >= 11 is 0. The molecular weight excluding hydrogens is 346 g/mol. The first-order valence-corrected chi connectivity index (χ1v) is 8.47. The summed E-state index contributed by atoms with van der Waals surface area (Å²) in [6.45, 7) is 6.51. The van der Waals surface area contributed by atoms with Gasteiger partial charge in [-0.3, -0.25) is 14.9 Å². The van der Waals surface area contributed by atoms with Gasteiger partial charge in [0, 0.05) is 24.2 Å². The molecule has 0 aliphatic carbocycles. The van der Waals surface area contributed by atoms with Crippen LogP contribution in [0.25, 0.3) is 11.0 Å². The second kappa shape index (κ2) is 7.36. The summed E-state index contributed by atoms with van der Waals surface area (Å²) in [5.41, 5.74) is 5.96. The normalized spacial score (nSPS) is 11.6. The lowest BCUT2D eigenvalue weighted by atomic mass is 10.1. The number of nitro benzene ring substituents is 1. The van der Waals surface area contributed by atoms with Crippen LogP contribution in [0.2, 0.25) is 0 Å². The number of hydrogen-bond acceptors (Lipinski definition) is 5. The van der Waals surface area contributed by atoms with Crippen LogP contribution in [-0.2, 0) is 6.54 Å². The van der Waals surface area contributed by atoms with E-state index in [4.69, 9.17) is 0 Å². The van der Waals surface area contributed by atoms with Crippen LogP contribution < -0.4 is 5.43 Å². The van der Waals surface area contributed by atoms with Crippen LogP contribution >= 0.6 is 0 Å².